The van der Waals surface area contributed by atoms with Crippen LogP contribution in [0.2, 0.25) is 0 Å². The number of phenolic OH excluding ortho intramolecular Hbond substituents is 1. The van der Waals surface area contributed by atoms with Gasteiger partial charge in [-0.1, -0.05) is 36.4 Å². The van der Waals surface area contributed by atoms with Crippen molar-refractivity contribution >= 4 is 5.69 Å². The van der Waals surface area contributed by atoms with Gasteiger partial charge in [-0.05, 0) is 41.8 Å². The van der Waals surface area contributed by atoms with Crippen molar-refractivity contribution < 1.29 is 10.2 Å². The number of aromatic nitrogens is 1. The van der Waals surface area contributed by atoms with Gasteiger partial charge in [-0.25, -0.2) is 0 Å². The second-order valence-corrected chi connectivity index (χ2v) is 5.75. The first-order valence-corrected chi connectivity index (χ1v) is 7.85. The van der Waals surface area contributed by atoms with Gasteiger partial charge in [-0.2, -0.15) is 0 Å². The molecule has 3 aromatic rings. The average molecular weight is 320 g/mol. The van der Waals surface area contributed by atoms with E-state index in [1.165, 1.54) is 0 Å². The zero-order valence-electron chi connectivity index (χ0n) is 13.5. The molecule has 0 aliphatic heterocycles. The highest BCUT2D eigenvalue weighted by atomic mass is 16.3. The number of benzene rings is 2. The van der Waals surface area contributed by atoms with Crippen LogP contribution in [0.25, 0.3) is 11.1 Å². The van der Waals surface area contributed by atoms with Gasteiger partial charge in [-0.15, -0.1) is 0 Å². The number of anilines is 1. The molecule has 4 heteroatoms. The highest BCUT2D eigenvalue weighted by molar-refractivity contribution is 5.68. The molecule has 2 aromatic carbocycles. The van der Waals surface area contributed by atoms with Gasteiger partial charge in [0.25, 0.3) is 0 Å². The van der Waals surface area contributed by atoms with E-state index in [0.29, 0.717) is 0 Å². The number of hydrogen-bond donors (Lipinski definition) is 3. The van der Waals surface area contributed by atoms with Crippen LogP contribution in [0.1, 0.15) is 17.2 Å². The van der Waals surface area contributed by atoms with Crippen molar-refractivity contribution in [1.29, 1.82) is 0 Å². The van der Waals surface area contributed by atoms with E-state index in [2.05, 4.69) is 10.3 Å². The first-order chi connectivity index (χ1) is 11.7. The molecule has 0 saturated carbocycles. The molecule has 1 unspecified atom stereocenters. The van der Waals surface area contributed by atoms with Crippen LogP contribution in [-0.4, -0.2) is 21.8 Å². The monoisotopic (exact) mass is 320 g/mol. The number of aryl methyl sites for hydroxylation is 1. The average Bonchev–Trinajstić information content (AvgIpc) is 2.63. The Bertz CT molecular complexity index is 819. The summed E-state index contributed by atoms with van der Waals surface area (Å²) in [4.78, 5) is 4.29. The molecule has 0 spiro atoms. The lowest BCUT2D eigenvalue weighted by molar-refractivity contribution is 0.276. The molecule has 24 heavy (non-hydrogen) atoms. The molecule has 122 valence electrons. The molecule has 0 radical (unpaired) electrons. The summed E-state index contributed by atoms with van der Waals surface area (Å²) in [6, 6.07) is 17.1. The summed E-state index contributed by atoms with van der Waals surface area (Å²) in [5.41, 5.74) is 4.62. The van der Waals surface area contributed by atoms with E-state index in [-0.39, 0.29) is 18.4 Å². The minimum absolute atomic E-state index is 0.00738. The van der Waals surface area contributed by atoms with E-state index >= 15 is 0 Å². The fourth-order valence-corrected chi connectivity index (χ4v) is 2.63. The number of aliphatic hydroxyl groups excluding tert-OH is 1. The Kier molecular flexibility index (Phi) is 4.77. The van der Waals surface area contributed by atoms with E-state index in [0.717, 1.165) is 27.9 Å². The molecule has 0 bridgehead atoms. The van der Waals surface area contributed by atoms with E-state index in [1.54, 1.807) is 18.5 Å². The Morgan fingerprint density at radius 3 is 2.50 bits per heavy atom. The lowest BCUT2D eigenvalue weighted by Crippen LogP contribution is -2.14. The van der Waals surface area contributed by atoms with E-state index < -0.39 is 0 Å². The maximum absolute atomic E-state index is 9.68. The molecule has 3 rings (SSSR count). The quantitative estimate of drug-likeness (QED) is 0.667. The normalized spacial score (nSPS) is 11.9. The first-order valence-electron chi connectivity index (χ1n) is 7.85. The summed E-state index contributed by atoms with van der Waals surface area (Å²) in [7, 11) is 0. The molecule has 0 amide bonds. The topological polar surface area (TPSA) is 65.4 Å². The van der Waals surface area contributed by atoms with E-state index in [4.69, 9.17) is 0 Å². The van der Waals surface area contributed by atoms with Crippen LogP contribution in [0, 0.1) is 6.92 Å². The van der Waals surface area contributed by atoms with Crippen LogP contribution in [0.3, 0.4) is 0 Å². The van der Waals surface area contributed by atoms with Crippen LogP contribution >= 0.6 is 0 Å². The molecule has 1 aromatic heterocycles. The molecule has 0 aliphatic rings. The summed E-state index contributed by atoms with van der Waals surface area (Å²) in [5, 5.41) is 22.7. The van der Waals surface area contributed by atoms with Gasteiger partial charge in [0.2, 0.25) is 0 Å². The predicted molar refractivity (Wildman–Crippen MR) is 96.0 cm³/mol. The van der Waals surface area contributed by atoms with Crippen molar-refractivity contribution in [3.63, 3.8) is 0 Å². The standard InChI is InChI=1S/C20H20N2O2/c1-14-9-16(7-8-20(14)24)17-10-18(12-21-11-17)22-19(13-23)15-5-3-2-4-6-15/h2-12,19,22-24H,13H2,1H3. The Hall–Kier alpha value is -2.85. The number of phenols is 1. The lowest BCUT2D eigenvalue weighted by atomic mass is 10.0. The third-order valence-electron chi connectivity index (χ3n) is 3.99. The number of nitrogens with one attached hydrogen (secondary N) is 1. The number of hydrogen-bond acceptors (Lipinski definition) is 4. The number of aliphatic hydroxyl groups is 1. The van der Waals surface area contributed by atoms with E-state index in [9.17, 15) is 10.2 Å². The highest BCUT2D eigenvalue weighted by Gasteiger charge is 2.10. The molecule has 3 N–H and O–H groups in total. The Morgan fingerprint density at radius 2 is 1.79 bits per heavy atom. The summed E-state index contributed by atoms with van der Waals surface area (Å²) >= 11 is 0. The van der Waals surface area contributed by atoms with Crippen molar-refractivity contribution in [2.24, 2.45) is 0 Å². The summed E-state index contributed by atoms with van der Waals surface area (Å²) in [6.45, 7) is 1.86. The largest absolute Gasteiger partial charge is 0.508 e. The zero-order chi connectivity index (χ0) is 16.9. The Morgan fingerprint density at radius 1 is 1.00 bits per heavy atom. The molecular weight excluding hydrogens is 300 g/mol. The maximum Gasteiger partial charge on any atom is 0.118 e. The molecule has 1 heterocycles. The minimum Gasteiger partial charge on any atom is -0.508 e. The fourth-order valence-electron chi connectivity index (χ4n) is 2.63. The number of pyridine rings is 1. The van der Waals surface area contributed by atoms with Gasteiger partial charge in [0.05, 0.1) is 18.3 Å². The summed E-state index contributed by atoms with van der Waals surface area (Å²) < 4.78 is 0. The predicted octanol–water partition coefficient (Wildman–Crippen LogP) is 3.91. The van der Waals surface area contributed by atoms with Crippen LogP contribution in [0.4, 0.5) is 5.69 Å². The van der Waals surface area contributed by atoms with Gasteiger partial charge < -0.3 is 15.5 Å². The van der Waals surface area contributed by atoms with Crippen LogP contribution in [0.15, 0.2) is 67.0 Å². The van der Waals surface area contributed by atoms with Gasteiger partial charge >= 0.3 is 0 Å². The van der Waals surface area contributed by atoms with Gasteiger partial charge in [0.1, 0.15) is 5.75 Å². The third-order valence-corrected chi connectivity index (χ3v) is 3.99. The second kappa shape index (κ2) is 7.15. The number of rotatable bonds is 5. The maximum atomic E-state index is 9.68. The van der Waals surface area contributed by atoms with Crippen LogP contribution in [0.5, 0.6) is 5.75 Å². The zero-order valence-corrected chi connectivity index (χ0v) is 13.5. The molecule has 1 atom stereocenters. The molecule has 0 fully saturated rings. The summed E-state index contributed by atoms with van der Waals surface area (Å²) in [5.74, 6) is 0.283. The summed E-state index contributed by atoms with van der Waals surface area (Å²) in [6.07, 6.45) is 3.52. The second-order valence-electron chi connectivity index (χ2n) is 5.75. The van der Waals surface area contributed by atoms with Crippen molar-refractivity contribution in [1.82, 2.24) is 4.98 Å². The van der Waals surface area contributed by atoms with Crippen molar-refractivity contribution in [3.05, 3.63) is 78.1 Å². The Balaban J connectivity index is 1.86. The molecule has 4 nitrogen and oxygen atoms in total. The minimum atomic E-state index is -0.190. The number of nitrogens with zero attached hydrogens (tertiary/aromatic N) is 1. The van der Waals surface area contributed by atoms with E-state index in [1.807, 2.05) is 55.5 Å². The van der Waals surface area contributed by atoms with Gasteiger partial charge in [0, 0.05) is 18.0 Å². The smallest absolute Gasteiger partial charge is 0.118 e. The fraction of sp³-hybridized carbons (Fsp3) is 0.150. The van der Waals surface area contributed by atoms with Crippen LogP contribution in [-0.2, 0) is 0 Å². The van der Waals surface area contributed by atoms with Gasteiger partial charge in [-0.3, -0.25) is 4.98 Å². The van der Waals surface area contributed by atoms with Crippen LogP contribution < -0.4 is 5.32 Å². The molecular formula is C20H20N2O2. The first kappa shape index (κ1) is 16.0. The highest BCUT2D eigenvalue weighted by Crippen LogP contribution is 2.27. The third kappa shape index (κ3) is 3.55. The SMILES string of the molecule is Cc1cc(-c2cncc(NC(CO)c3ccccc3)c2)ccc1O. The van der Waals surface area contributed by atoms with Crippen molar-refractivity contribution in [2.45, 2.75) is 13.0 Å². The lowest BCUT2D eigenvalue weighted by Gasteiger charge is -2.18. The van der Waals surface area contributed by atoms with Crippen molar-refractivity contribution in [3.8, 4) is 16.9 Å². The Labute approximate surface area is 141 Å². The molecule has 0 saturated heterocycles. The van der Waals surface area contributed by atoms with Gasteiger partial charge in [0.15, 0.2) is 0 Å². The van der Waals surface area contributed by atoms with Crippen molar-refractivity contribution in [2.75, 3.05) is 11.9 Å². The molecule has 0 aliphatic carbocycles. The number of aromatic hydroxyl groups is 1.